The molecule has 0 rings (SSSR count). The van der Waals surface area contributed by atoms with Crippen LogP contribution in [0.2, 0.25) is 11.1 Å². The van der Waals surface area contributed by atoms with Crippen LogP contribution in [0.15, 0.2) is 0 Å². The molecule has 0 aliphatic carbocycles. The molecule has 0 spiro atoms. The summed E-state index contributed by atoms with van der Waals surface area (Å²) in [5.74, 6) is 1.61. The van der Waals surface area contributed by atoms with Gasteiger partial charge < -0.3 is 0 Å². The van der Waals surface area contributed by atoms with Crippen molar-refractivity contribution < 1.29 is 14.3 Å². The third-order valence-electron chi connectivity index (χ3n) is 1.72. The number of nitrogens with one attached hydrogen (secondary N) is 1. The van der Waals surface area contributed by atoms with E-state index in [1.165, 1.54) is 6.92 Å². The summed E-state index contributed by atoms with van der Waals surface area (Å²) in [5.41, 5.74) is 0. The number of esters is 1. The zero-order valence-corrected chi connectivity index (χ0v) is 11.3. The molecule has 0 aromatic rings. The van der Waals surface area contributed by atoms with E-state index in [-0.39, 0.29) is 11.9 Å². The fourth-order valence-electron chi connectivity index (χ4n) is 1.03. The van der Waals surface area contributed by atoms with Gasteiger partial charge in [-0.1, -0.05) is 0 Å². The van der Waals surface area contributed by atoms with E-state index < -0.39 is 6.04 Å². The summed E-state index contributed by atoms with van der Waals surface area (Å²) < 4.78 is 5.00. The van der Waals surface area contributed by atoms with Gasteiger partial charge in [0.2, 0.25) is 0 Å². The topological polar surface area (TPSA) is 55.4 Å². The van der Waals surface area contributed by atoms with E-state index in [2.05, 4.69) is 11.1 Å². The first-order chi connectivity index (χ1) is 7.11. The van der Waals surface area contributed by atoms with Crippen molar-refractivity contribution in [2.75, 3.05) is 6.61 Å². The number of hydrogen-bond acceptors (Lipinski definition) is 3. The van der Waals surface area contributed by atoms with E-state index in [0.29, 0.717) is 28.0 Å². The molecule has 0 saturated heterocycles. The van der Waals surface area contributed by atoms with Gasteiger partial charge in [0.1, 0.15) is 0 Å². The Kier molecular flexibility index (Phi) is 8.43. The zero-order valence-electron chi connectivity index (χ0n) is 9.54. The number of carbonyl (C=O) groups excluding carboxylic acids is 2. The molecule has 0 aliphatic heterocycles. The standard InChI is InChI=1S/C10H19NO3Se/c1-4-6-14-10(13)9(5-7-15-3)11-8(2)12/h9H,4-7H2,1-3H3,(H,11,12)/t9-/m0/s1. The number of hydrogen-bond donors (Lipinski definition) is 1. The van der Waals surface area contributed by atoms with Gasteiger partial charge in [-0.3, -0.25) is 0 Å². The third-order valence-corrected chi connectivity index (χ3v) is 3.07. The van der Waals surface area contributed by atoms with Crippen molar-refractivity contribution in [3.63, 3.8) is 0 Å². The fourth-order valence-corrected chi connectivity index (χ4v) is 2.02. The van der Waals surface area contributed by atoms with Gasteiger partial charge in [-0.15, -0.1) is 0 Å². The van der Waals surface area contributed by atoms with Crippen molar-refractivity contribution in [2.24, 2.45) is 0 Å². The minimum atomic E-state index is -0.462. The van der Waals surface area contributed by atoms with Crippen LogP contribution in [0, 0.1) is 0 Å². The van der Waals surface area contributed by atoms with Gasteiger partial charge in [-0.2, -0.15) is 0 Å². The van der Waals surface area contributed by atoms with Gasteiger partial charge in [0.15, 0.2) is 0 Å². The van der Waals surface area contributed by atoms with E-state index in [1.54, 1.807) is 0 Å². The second-order valence-corrected chi connectivity index (χ2v) is 5.27. The minimum absolute atomic E-state index is 0.183. The molecular weight excluding hydrogens is 261 g/mol. The van der Waals surface area contributed by atoms with E-state index in [0.717, 1.165) is 11.7 Å². The number of carbonyl (C=O) groups is 2. The van der Waals surface area contributed by atoms with Gasteiger partial charge in [0.05, 0.1) is 0 Å². The SMILES string of the molecule is CCCOC(=O)[C@H](CC[Se]C)NC(C)=O. The molecule has 0 fully saturated rings. The van der Waals surface area contributed by atoms with Crippen molar-refractivity contribution in [1.82, 2.24) is 5.32 Å². The predicted octanol–water partition coefficient (Wildman–Crippen LogP) is 1.00. The van der Waals surface area contributed by atoms with Gasteiger partial charge in [-0.05, 0) is 0 Å². The molecule has 0 heterocycles. The van der Waals surface area contributed by atoms with Crippen molar-refractivity contribution in [3.8, 4) is 0 Å². The molecule has 0 aromatic carbocycles. The van der Waals surface area contributed by atoms with Gasteiger partial charge in [0.25, 0.3) is 0 Å². The molecule has 1 atom stereocenters. The van der Waals surface area contributed by atoms with Crippen molar-refractivity contribution in [1.29, 1.82) is 0 Å². The van der Waals surface area contributed by atoms with E-state index in [1.807, 2.05) is 6.92 Å². The molecule has 0 aliphatic rings. The van der Waals surface area contributed by atoms with Crippen LogP contribution in [0.3, 0.4) is 0 Å². The molecular formula is C10H19NO3Se. The summed E-state index contributed by atoms with van der Waals surface area (Å²) in [7, 11) is 0. The Bertz CT molecular complexity index is 209. The van der Waals surface area contributed by atoms with E-state index in [4.69, 9.17) is 4.74 Å². The average molecular weight is 280 g/mol. The Morgan fingerprint density at radius 2 is 2.13 bits per heavy atom. The Balaban J connectivity index is 4.07. The quantitative estimate of drug-likeness (QED) is 0.559. The van der Waals surface area contributed by atoms with Crippen LogP contribution in [-0.4, -0.2) is 39.5 Å². The predicted molar refractivity (Wildman–Crippen MR) is 59.9 cm³/mol. The second kappa shape index (κ2) is 8.74. The summed E-state index contributed by atoms with van der Waals surface area (Å²) >= 11 is 0.516. The first-order valence-corrected chi connectivity index (χ1v) is 7.97. The average Bonchev–Trinajstić information content (AvgIpc) is 2.20. The summed E-state index contributed by atoms with van der Waals surface area (Å²) in [5, 5.41) is 3.59. The second-order valence-electron chi connectivity index (χ2n) is 3.20. The molecule has 0 radical (unpaired) electrons. The molecule has 0 unspecified atom stereocenters. The Morgan fingerprint density at radius 1 is 1.47 bits per heavy atom. The van der Waals surface area contributed by atoms with Crippen LogP contribution < -0.4 is 5.32 Å². The summed E-state index contributed by atoms with van der Waals surface area (Å²) in [6.45, 7) is 3.78. The van der Waals surface area contributed by atoms with Crippen molar-refractivity contribution in [3.05, 3.63) is 0 Å². The first-order valence-electron chi connectivity index (χ1n) is 5.04. The maximum atomic E-state index is 11.5. The molecule has 1 N–H and O–H groups in total. The zero-order chi connectivity index (χ0) is 11.7. The normalized spacial score (nSPS) is 11.9. The molecule has 88 valence electrons. The molecule has 5 heteroatoms. The third kappa shape index (κ3) is 7.40. The molecule has 4 nitrogen and oxygen atoms in total. The van der Waals surface area contributed by atoms with Gasteiger partial charge in [-0.25, -0.2) is 0 Å². The summed E-state index contributed by atoms with van der Waals surface area (Å²) in [4.78, 5) is 22.4. The summed E-state index contributed by atoms with van der Waals surface area (Å²) in [6, 6.07) is -0.462. The van der Waals surface area contributed by atoms with E-state index in [9.17, 15) is 9.59 Å². The van der Waals surface area contributed by atoms with Crippen molar-refractivity contribution in [2.45, 2.75) is 43.9 Å². The monoisotopic (exact) mass is 281 g/mol. The fraction of sp³-hybridized carbons (Fsp3) is 0.800. The molecule has 0 saturated carbocycles. The van der Waals surface area contributed by atoms with Crippen LogP contribution in [0.5, 0.6) is 0 Å². The summed E-state index contributed by atoms with van der Waals surface area (Å²) in [6.07, 6.45) is 1.48. The van der Waals surface area contributed by atoms with Crippen LogP contribution >= 0.6 is 0 Å². The molecule has 1 amide bonds. The van der Waals surface area contributed by atoms with Crippen LogP contribution in [0.4, 0.5) is 0 Å². The van der Waals surface area contributed by atoms with E-state index >= 15 is 0 Å². The van der Waals surface area contributed by atoms with Crippen LogP contribution in [-0.2, 0) is 14.3 Å². The molecule has 15 heavy (non-hydrogen) atoms. The molecule has 0 aromatic heterocycles. The van der Waals surface area contributed by atoms with Crippen LogP contribution in [0.1, 0.15) is 26.7 Å². The first kappa shape index (κ1) is 14.5. The number of amides is 1. The Hall–Kier alpha value is -0.541. The molecule has 0 bridgehead atoms. The van der Waals surface area contributed by atoms with Gasteiger partial charge in [0, 0.05) is 0 Å². The Morgan fingerprint density at radius 3 is 2.60 bits per heavy atom. The van der Waals surface area contributed by atoms with Crippen molar-refractivity contribution >= 4 is 26.8 Å². The maximum absolute atomic E-state index is 11.5. The number of rotatable bonds is 7. The van der Waals surface area contributed by atoms with Crippen LogP contribution in [0.25, 0.3) is 0 Å². The number of ether oxygens (including phenoxy) is 1. The Labute approximate surface area is 97.3 Å². The van der Waals surface area contributed by atoms with Gasteiger partial charge >= 0.3 is 97.0 Å².